The Morgan fingerprint density at radius 3 is 1.28 bits per heavy atom. The van der Waals surface area contributed by atoms with Gasteiger partial charge in [-0.05, 0) is 102 Å². The number of aliphatic imine (C=N–C) groups is 3. The Morgan fingerprint density at radius 2 is 0.826 bits per heavy atom. The van der Waals surface area contributed by atoms with Gasteiger partial charge in [-0.3, -0.25) is 0 Å². The minimum Gasteiger partial charge on any atom is -0.476 e. The van der Waals surface area contributed by atoms with Crippen LogP contribution in [0.15, 0.2) is 118 Å². The highest BCUT2D eigenvalue weighted by molar-refractivity contribution is 5.96. The predicted molar refractivity (Wildman–Crippen MR) is 176 cm³/mol. The minimum absolute atomic E-state index is 0.610. The Balaban J connectivity index is 1.09. The van der Waals surface area contributed by atoms with Gasteiger partial charge in [0.25, 0.3) is 0 Å². The third-order valence-electron chi connectivity index (χ3n) is 7.62. The largest absolute Gasteiger partial charge is 0.476 e. The summed E-state index contributed by atoms with van der Waals surface area (Å²) in [5.74, 6) is 6.00. The van der Waals surface area contributed by atoms with E-state index in [2.05, 4.69) is 15.0 Å². The predicted octanol–water partition coefficient (Wildman–Crippen LogP) is 7.55. The fraction of sp³-hybridized carbons (Fsp3) is 0.162. The second-order valence-electron chi connectivity index (χ2n) is 10.8. The first-order chi connectivity index (χ1) is 22.7. The first-order valence-electron chi connectivity index (χ1n) is 15.2. The number of nitrogens with zero attached hydrogens (tertiary/aromatic N) is 3. The van der Waals surface area contributed by atoms with Crippen molar-refractivity contribution in [3.63, 3.8) is 0 Å². The maximum atomic E-state index is 6.44. The van der Waals surface area contributed by atoms with Crippen LogP contribution < -0.4 is 14.2 Å². The average Bonchev–Trinajstić information content (AvgIpc) is 3.91. The Bertz CT molecular complexity index is 1980. The SMILES string of the molecule is c1cc(C2=NCCO2)ccc1Oc1ccc2c(Oc3ccc(C4=NCCO4)cc3)cc(Oc3ccc(C4=NCCO4)cc3)cc2c1. The van der Waals surface area contributed by atoms with E-state index in [-0.39, 0.29) is 0 Å². The van der Waals surface area contributed by atoms with Crippen LogP contribution in [0.5, 0.6) is 34.5 Å². The van der Waals surface area contributed by atoms with Gasteiger partial charge >= 0.3 is 0 Å². The molecule has 8 rings (SSSR count). The topological polar surface area (TPSA) is 92.5 Å². The maximum Gasteiger partial charge on any atom is 0.216 e. The molecule has 3 aliphatic heterocycles. The zero-order valence-corrected chi connectivity index (χ0v) is 24.8. The molecule has 3 aliphatic rings. The first kappa shape index (κ1) is 27.7. The monoisotopic (exact) mass is 611 g/mol. The smallest absolute Gasteiger partial charge is 0.216 e. The van der Waals surface area contributed by atoms with Crippen molar-refractivity contribution in [2.24, 2.45) is 15.0 Å². The Labute approximate surface area is 265 Å². The highest BCUT2D eigenvalue weighted by atomic mass is 16.5. The molecule has 0 unspecified atom stereocenters. The van der Waals surface area contributed by atoms with E-state index in [9.17, 15) is 0 Å². The summed E-state index contributed by atoms with van der Waals surface area (Å²) >= 11 is 0. The fourth-order valence-electron chi connectivity index (χ4n) is 5.42. The van der Waals surface area contributed by atoms with Gasteiger partial charge in [-0.1, -0.05) is 0 Å². The molecule has 0 aromatic heterocycles. The van der Waals surface area contributed by atoms with Crippen molar-refractivity contribution in [3.05, 3.63) is 120 Å². The van der Waals surface area contributed by atoms with Crippen LogP contribution >= 0.6 is 0 Å². The van der Waals surface area contributed by atoms with Crippen molar-refractivity contribution >= 4 is 28.5 Å². The number of rotatable bonds is 9. The molecule has 0 spiro atoms. The van der Waals surface area contributed by atoms with Gasteiger partial charge < -0.3 is 28.4 Å². The van der Waals surface area contributed by atoms with Gasteiger partial charge in [0.2, 0.25) is 17.7 Å². The van der Waals surface area contributed by atoms with Gasteiger partial charge in [-0.2, -0.15) is 0 Å². The van der Waals surface area contributed by atoms with Crippen molar-refractivity contribution in [3.8, 4) is 34.5 Å². The fourth-order valence-corrected chi connectivity index (χ4v) is 5.42. The first-order valence-corrected chi connectivity index (χ1v) is 15.2. The standard InChI is InChI=1S/C37H29N3O6/c1-7-28(8-2-24(1)35-38-15-18-41-35)44-31-13-14-33-27(21-31)22-32(45-29-9-3-25(4-10-29)36-39-16-19-42-36)23-34(33)46-30-11-5-26(6-12-30)37-40-17-20-43-37/h1-14,21-23H,15-20H2. The van der Waals surface area contributed by atoms with Crippen molar-refractivity contribution in [2.45, 2.75) is 0 Å². The van der Waals surface area contributed by atoms with E-state index in [1.165, 1.54) is 0 Å². The molecule has 0 bridgehead atoms. The molecule has 0 atom stereocenters. The van der Waals surface area contributed by atoms with Crippen LogP contribution in [0, 0.1) is 0 Å². The van der Waals surface area contributed by atoms with Crippen molar-refractivity contribution in [2.75, 3.05) is 39.5 Å². The third-order valence-corrected chi connectivity index (χ3v) is 7.62. The third kappa shape index (κ3) is 5.95. The number of benzene rings is 5. The van der Waals surface area contributed by atoms with Gasteiger partial charge in [-0.25, -0.2) is 15.0 Å². The van der Waals surface area contributed by atoms with Gasteiger partial charge in [-0.15, -0.1) is 0 Å². The quantitative estimate of drug-likeness (QED) is 0.171. The van der Waals surface area contributed by atoms with E-state index in [4.69, 9.17) is 28.4 Å². The summed E-state index contributed by atoms with van der Waals surface area (Å²) in [6.07, 6.45) is 0. The summed E-state index contributed by atoms with van der Waals surface area (Å²) in [6, 6.07) is 32.9. The normalized spacial score (nSPS) is 15.3. The van der Waals surface area contributed by atoms with E-state index in [1.54, 1.807) is 0 Å². The highest BCUT2D eigenvalue weighted by Crippen LogP contribution is 2.38. The van der Waals surface area contributed by atoms with Crippen LogP contribution in [-0.2, 0) is 14.2 Å². The molecule has 0 aliphatic carbocycles. The van der Waals surface area contributed by atoms with Crippen LogP contribution in [0.2, 0.25) is 0 Å². The van der Waals surface area contributed by atoms with Gasteiger partial charge in [0.15, 0.2) is 0 Å². The second kappa shape index (κ2) is 12.3. The zero-order valence-electron chi connectivity index (χ0n) is 24.8. The number of fused-ring (bicyclic) bond motifs is 1. The van der Waals surface area contributed by atoms with Crippen LogP contribution in [0.1, 0.15) is 16.7 Å². The number of hydrogen-bond donors (Lipinski definition) is 0. The van der Waals surface area contributed by atoms with Crippen LogP contribution in [-0.4, -0.2) is 57.1 Å². The summed E-state index contributed by atoms with van der Waals surface area (Å²) in [5.41, 5.74) is 2.77. The van der Waals surface area contributed by atoms with E-state index in [0.717, 1.165) is 27.5 Å². The molecule has 0 fully saturated rings. The lowest BCUT2D eigenvalue weighted by Gasteiger charge is -2.14. The molecular formula is C37H29N3O6. The number of hydrogen-bond acceptors (Lipinski definition) is 9. The Hall–Kier alpha value is -5.83. The van der Waals surface area contributed by atoms with Gasteiger partial charge in [0.05, 0.1) is 19.6 Å². The van der Waals surface area contributed by atoms with Gasteiger partial charge in [0, 0.05) is 28.1 Å². The molecule has 5 aromatic rings. The Morgan fingerprint density at radius 1 is 0.413 bits per heavy atom. The molecule has 3 heterocycles. The molecule has 9 heteroatoms. The lowest BCUT2D eigenvalue weighted by molar-refractivity contribution is 0.348. The summed E-state index contributed by atoms with van der Waals surface area (Å²) < 4.78 is 35.8. The molecule has 5 aromatic carbocycles. The molecule has 228 valence electrons. The van der Waals surface area contributed by atoms with Crippen LogP contribution in [0.25, 0.3) is 10.8 Å². The average molecular weight is 612 g/mol. The second-order valence-corrected chi connectivity index (χ2v) is 10.8. The molecule has 0 saturated carbocycles. The summed E-state index contributed by atoms with van der Waals surface area (Å²) in [5, 5.41) is 1.80. The maximum absolute atomic E-state index is 6.44. The Kier molecular flexibility index (Phi) is 7.39. The molecular weight excluding hydrogens is 582 g/mol. The van der Waals surface area contributed by atoms with Crippen LogP contribution in [0.3, 0.4) is 0 Å². The van der Waals surface area contributed by atoms with Crippen molar-refractivity contribution in [1.29, 1.82) is 0 Å². The molecule has 0 radical (unpaired) electrons. The highest BCUT2D eigenvalue weighted by Gasteiger charge is 2.15. The van der Waals surface area contributed by atoms with E-state index in [1.807, 2.05) is 103 Å². The summed E-state index contributed by atoms with van der Waals surface area (Å²) in [7, 11) is 0. The lowest BCUT2D eigenvalue weighted by atomic mass is 10.1. The molecule has 46 heavy (non-hydrogen) atoms. The lowest BCUT2D eigenvalue weighted by Crippen LogP contribution is -2.00. The molecule has 9 nitrogen and oxygen atoms in total. The van der Waals surface area contributed by atoms with Crippen LogP contribution in [0.4, 0.5) is 0 Å². The van der Waals surface area contributed by atoms with Crippen molar-refractivity contribution in [1.82, 2.24) is 0 Å². The van der Waals surface area contributed by atoms with E-state index < -0.39 is 0 Å². The van der Waals surface area contributed by atoms with E-state index in [0.29, 0.717) is 91.6 Å². The van der Waals surface area contributed by atoms with Gasteiger partial charge in [0.1, 0.15) is 54.3 Å². The van der Waals surface area contributed by atoms with E-state index >= 15 is 0 Å². The summed E-state index contributed by atoms with van der Waals surface area (Å²) in [6.45, 7) is 3.89. The zero-order chi connectivity index (χ0) is 30.7. The number of ether oxygens (including phenoxy) is 6. The molecule has 0 amide bonds. The molecule has 0 N–H and O–H groups in total. The summed E-state index contributed by atoms with van der Waals surface area (Å²) in [4.78, 5) is 13.2. The minimum atomic E-state index is 0.610. The van der Waals surface area contributed by atoms with Crippen molar-refractivity contribution < 1.29 is 28.4 Å². The molecule has 0 saturated heterocycles.